The maximum Gasteiger partial charge on any atom is 0.273 e. The fraction of sp³-hybridized carbons (Fsp3) is 0.471. The van der Waals surface area contributed by atoms with E-state index in [1.165, 1.54) is 17.6 Å². The van der Waals surface area contributed by atoms with E-state index in [4.69, 9.17) is 0 Å². The molecule has 1 aliphatic heterocycles. The molecule has 0 bridgehead atoms. The van der Waals surface area contributed by atoms with Gasteiger partial charge in [0.05, 0.1) is 11.4 Å². The number of carbonyl (C=O) groups is 1. The molecule has 1 atom stereocenters. The Morgan fingerprint density at radius 3 is 2.61 bits per heavy atom. The number of benzene rings is 1. The number of aryl methyl sites for hydroxylation is 1. The van der Waals surface area contributed by atoms with Gasteiger partial charge in [0.25, 0.3) is 5.91 Å². The summed E-state index contributed by atoms with van der Waals surface area (Å²) >= 11 is 0. The molecule has 2 heterocycles. The number of likely N-dealkylation sites (tertiary alicyclic amines) is 1. The van der Waals surface area contributed by atoms with Gasteiger partial charge in [0.15, 0.2) is 5.69 Å². The maximum absolute atomic E-state index is 12.4. The van der Waals surface area contributed by atoms with Crippen molar-refractivity contribution in [2.45, 2.75) is 32.7 Å². The van der Waals surface area contributed by atoms with Crippen molar-refractivity contribution in [1.82, 2.24) is 25.2 Å². The first-order chi connectivity index (χ1) is 11.1. The summed E-state index contributed by atoms with van der Waals surface area (Å²) in [6.45, 7) is 6.85. The molecule has 6 nitrogen and oxygen atoms in total. The van der Waals surface area contributed by atoms with Crippen molar-refractivity contribution in [3.8, 4) is 5.69 Å². The molecule has 1 aromatic carbocycles. The van der Waals surface area contributed by atoms with Crippen molar-refractivity contribution < 1.29 is 4.79 Å². The molecule has 0 radical (unpaired) electrons. The number of hydrogen-bond donors (Lipinski definition) is 1. The minimum absolute atomic E-state index is 0.157. The molecule has 122 valence electrons. The first-order valence-electron chi connectivity index (χ1n) is 8.17. The van der Waals surface area contributed by atoms with Crippen LogP contribution >= 0.6 is 0 Å². The van der Waals surface area contributed by atoms with Crippen molar-refractivity contribution in [1.29, 1.82) is 0 Å². The third-order valence-corrected chi connectivity index (χ3v) is 4.31. The summed E-state index contributed by atoms with van der Waals surface area (Å²) < 4.78 is 0. The Bertz CT molecular complexity index is 661. The highest BCUT2D eigenvalue weighted by molar-refractivity contribution is 5.93. The molecular formula is C17H23N5O. The summed E-state index contributed by atoms with van der Waals surface area (Å²) in [4.78, 5) is 16.3. The van der Waals surface area contributed by atoms with Gasteiger partial charge in [0.1, 0.15) is 0 Å². The molecule has 0 aliphatic carbocycles. The van der Waals surface area contributed by atoms with Gasteiger partial charge in [-0.3, -0.25) is 9.69 Å². The average Bonchev–Trinajstić information content (AvgIpc) is 3.23. The van der Waals surface area contributed by atoms with Crippen LogP contribution in [0.2, 0.25) is 0 Å². The molecule has 1 N–H and O–H groups in total. The van der Waals surface area contributed by atoms with Gasteiger partial charge in [0, 0.05) is 12.6 Å². The number of nitrogens with zero attached hydrogens (tertiary/aromatic N) is 4. The molecule has 1 amide bonds. The lowest BCUT2D eigenvalue weighted by atomic mass is 10.2. The Balaban J connectivity index is 1.64. The van der Waals surface area contributed by atoms with E-state index in [2.05, 4.69) is 27.3 Å². The monoisotopic (exact) mass is 313 g/mol. The first-order valence-corrected chi connectivity index (χ1v) is 8.17. The Hall–Kier alpha value is -2.21. The Labute approximate surface area is 136 Å². The van der Waals surface area contributed by atoms with E-state index in [-0.39, 0.29) is 5.91 Å². The van der Waals surface area contributed by atoms with Crippen LogP contribution in [0.25, 0.3) is 5.69 Å². The number of hydrogen-bond acceptors (Lipinski definition) is 4. The topological polar surface area (TPSA) is 63.1 Å². The Morgan fingerprint density at radius 1 is 1.22 bits per heavy atom. The van der Waals surface area contributed by atoms with E-state index in [1.54, 1.807) is 0 Å². The van der Waals surface area contributed by atoms with Gasteiger partial charge in [-0.25, -0.2) is 0 Å². The first kappa shape index (κ1) is 15.7. The summed E-state index contributed by atoms with van der Waals surface area (Å²) in [5.41, 5.74) is 1.88. The molecule has 1 fully saturated rings. The smallest absolute Gasteiger partial charge is 0.273 e. The van der Waals surface area contributed by atoms with Crippen molar-refractivity contribution >= 4 is 5.91 Å². The van der Waals surface area contributed by atoms with Crippen LogP contribution in [-0.4, -0.2) is 51.5 Å². The van der Waals surface area contributed by atoms with Crippen molar-refractivity contribution in [3.05, 3.63) is 41.7 Å². The maximum atomic E-state index is 12.4. The number of amides is 1. The zero-order valence-electron chi connectivity index (χ0n) is 13.7. The van der Waals surface area contributed by atoms with Gasteiger partial charge in [-0.1, -0.05) is 18.2 Å². The number of rotatable bonds is 5. The second kappa shape index (κ2) is 6.91. The summed E-state index contributed by atoms with van der Waals surface area (Å²) in [6, 6.07) is 9.96. The minimum atomic E-state index is -0.157. The van der Waals surface area contributed by atoms with Crippen LogP contribution < -0.4 is 5.32 Å². The second-order valence-electron chi connectivity index (χ2n) is 6.06. The van der Waals surface area contributed by atoms with E-state index in [0.717, 1.165) is 18.8 Å². The fourth-order valence-corrected chi connectivity index (χ4v) is 2.90. The molecule has 6 heteroatoms. The molecule has 0 unspecified atom stereocenters. The second-order valence-corrected chi connectivity index (χ2v) is 6.06. The van der Waals surface area contributed by atoms with E-state index in [9.17, 15) is 4.79 Å². The predicted octanol–water partition coefficient (Wildman–Crippen LogP) is 1.79. The third-order valence-electron chi connectivity index (χ3n) is 4.31. The van der Waals surface area contributed by atoms with Gasteiger partial charge in [-0.15, -0.1) is 5.10 Å². The van der Waals surface area contributed by atoms with Gasteiger partial charge >= 0.3 is 0 Å². The van der Waals surface area contributed by atoms with Crippen LogP contribution in [0.1, 0.15) is 35.9 Å². The number of carbonyl (C=O) groups excluding carboxylic acids is 1. The predicted molar refractivity (Wildman–Crippen MR) is 88.7 cm³/mol. The van der Waals surface area contributed by atoms with Crippen molar-refractivity contribution in [2.75, 3.05) is 19.6 Å². The highest BCUT2D eigenvalue weighted by Gasteiger charge is 2.20. The lowest BCUT2D eigenvalue weighted by molar-refractivity contribution is 0.0934. The lowest BCUT2D eigenvalue weighted by Gasteiger charge is -2.23. The molecule has 23 heavy (non-hydrogen) atoms. The van der Waals surface area contributed by atoms with E-state index in [0.29, 0.717) is 24.0 Å². The molecule has 1 aliphatic rings. The number of para-hydroxylation sites is 1. The molecule has 1 aromatic heterocycles. The summed E-state index contributed by atoms with van der Waals surface area (Å²) in [7, 11) is 0. The van der Waals surface area contributed by atoms with Gasteiger partial charge in [-0.2, -0.15) is 9.90 Å². The van der Waals surface area contributed by atoms with Crippen LogP contribution in [-0.2, 0) is 0 Å². The zero-order chi connectivity index (χ0) is 16.2. The SMILES string of the molecule is Cc1nn(-c2ccccc2)nc1C(=O)NC[C@@H](C)N1CCCC1. The van der Waals surface area contributed by atoms with Crippen LogP contribution in [0.4, 0.5) is 0 Å². The highest BCUT2D eigenvalue weighted by Crippen LogP contribution is 2.11. The summed E-state index contributed by atoms with van der Waals surface area (Å²) in [5.74, 6) is -0.157. The summed E-state index contributed by atoms with van der Waals surface area (Å²) in [5, 5.41) is 11.7. The minimum Gasteiger partial charge on any atom is -0.349 e. The van der Waals surface area contributed by atoms with E-state index >= 15 is 0 Å². The van der Waals surface area contributed by atoms with Gasteiger partial charge in [0.2, 0.25) is 0 Å². The molecule has 0 spiro atoms. The summed E-state index contributed by atoms with van der Waals surface area (Å²) in [6.07, 6.45) is 2.51. The Morgan fingerprint density at radius 2 is 1.91 bits per heavy atom. The van der Waals surface area contributed by atoms with Crippen LogP contribution in [0.15, 0.2) is 30.3 Å². The average molecular weight is 313 g/mol. The van der Waals surface area contributed by atoms with Gasteiger partial charge in [-0.05, 0) is 51.9 Å². The quantitative estimate of drug-likeness (QED) is 0.914. The van der Waals surface area contributed by atoms with Crippen LogP contribution in [0, 0.1) is 6.92 Å². The number of aromatic nitrogens is 3. The molecule has 1 saturated heterocycles. The van der Waals surface area contributed by atoms with Crippen molar-refractivity contribution in [2.24, 2.45) is 0 Å². The highest BCUT2D eigenvalue weighted by atomic mass is 16.2. The molecule has 3 rings (SSSR count). The molecule has 0 saturated carbocycles. The normalized spacial score (nSPS) is 16.4. The standard InChI is InChI=1S/C17H23N5O/c1-13(21-10-6-7-11-21)12-18-17(23)16-14(2)19-22(20-16)15-8-4-3-5-9-15/h3-5,8-9,13H,6-7,10-12H2,1-2H3,(H,18,23)/t13-/m1/s1. The van der Waals surface area contributed by atoms with E-state index < -0.39 is 0 Å². The van der Waals surface area contributed by atoms with Crippen molar-refractivity contribution in [3.63, 3.8) is 0 Å². The van der Waals surface area contributed by atoms with Gasteiger partial charge < -0.3 is 5.32 Å². The largest absolute Gasteiger partial charge is 0.349 e. The zero-order valence-corrected chi connectivity index (χ0v) is 13.7. The van der Waals surface area contributed by atoms with Crippen LogP contribution in [0.5, 0.6) is 0 Å². The lowest BCUT2D eigenvalue weighted by Crippen LogP contribution is -2.40. The number of nitrogens with one attached hydrogen (secondary N) is 1. The van der Waals surface area contributed by atoms with E-state index in [1.807, 2.05) is 37.3 Å². The third kappa shape index (κ3) is 3.59. The fourth-order valence-electron chi connectivity index (χ4n) is 2.90. The Kier molecular flexibility index (Phi) is 4.71. The molecular weight excluding hydrogens is 290 g/mol. The molecule has 2 aromatic rings. The van der Waals surface area contributed by atoms with Crippen LogP contribution in [0.3, 0.4) is 0 Å².